The van der Waals surface area contributed by atoms with Gasteiger partial charge in [-0.2, -0.15) is 13.2 Å². The molecule has 0 aromatic heterocycles. The average Bonchev–Trinajstić information content (AvgIpc) is 1.84. The zero-order valence-electron chi connectivity index (χ0n) is 6.05. The Morgan fingerprint density at radius 2 is 1.58 bits per heavy atom. The molecule has 0 bridgehead atoms. The summed E-state index contributed by atoms with van der Waals surface area (Å²) in [7, 11) is 1.01. The van der Waals surface area contributed by atoms with Crippen molar-refractivity contribution in [3.63, 3.8) is 0 Å². The van der Waals surface area contributed by atoms with Crippen molar-refractivity contribution in [2.75, 3.05) is 13.6 Å². The zero-order valence-corrected chi connectivity index (χ0v) is 6.05. The van der Waals surface area contributed by atoms with Crippen LogP contribution in [-0.2, 0) is 0 Å². The van der Waals surface area contributed by atoms with Crippen LogP contribution in [0, 0.1) is 0 Å². The van der Waals surface area contributed by atoms with Crippen molar-refractivity contribution in [2.45, 2.75) is 18.3 Å². The van der Waals surface area contributed by atoms with Crippen molar-refractivity contribution in [1.29, 1.82) is 0 Å². The normalized spacial score (nSPS) is 16.2. The number of hydrogen-bond acceptors (Lipinski definition) is 1. The molecule has 0 aromatic carbocycles. The van der Waals surface area contributed by atoms with E-state index in [1.807, 2.05) is 0 Å². The Morgan fingerprint density at radius 3 is 1.83 bits per heavy atom. The van der Waals surface area contributed by atoms with E-state index in [0.29, 0.717) is 0 Å². The molecule has 0 saturated carbocycles. The molecular formula is C5H7F6N. The molecule has 0 aromatic rings. The summed E-state index contributed by atoms with van der Waals surface area (Å²) in [6, 6.07) is 0. The van der Waals surface area contributed by atoms with Crippen molar-refractivity contribution in [3.05, 3.63) is 0 Å². The van der Waals surface area contributed by atoms with Gasteiger partial charge in [-0.15, -0.1) is 0 Å². The lowest BCUT2D eigenvalue weighted by molar-refractivity contribution is -0.242. The highest BCUT2D eigenvalue weighted by atomic mass is 19.4. The molecule has 1 atom stereocenters. The first-order valence-corrected chi connectivity index (χ1v) is 2.95. The monoisotopic (exact) mass is 195 g/mol. The van der Waals surface area contributed by atoms with Crippen LogP contribution in [0.5, 0.6) is 0 Å². The second kappa shape index (κ2) is 3.51. The van der Waals surface area contributed by atoms with Gasteiger partial charge in [-0.25, -0.2) is 13.2 Å². The van der Waals surface area contributed by atoms with E-state index in [0.717, 1.165) is 7.05 Å². The second-order valence-electron chi connectivity index (χ2n) is 2.20. The molecule has 0 aliphatic heterocycles. The second-order valence-corrected chi connectivity index (χ2v) is 2.20. The molecule has 0 rings (SSSR count). The summed E-state index contributed by atoms with van der Waals surface area (Å²) in [5.41, 5.74) is 0. The highest BCUT2D eigenvalue weighted by Gasteiger charge is 2.56. The van der Waals surface area contributed by atoms with Crippen molar-refractivity contribution >= 4 is 0 Å². The quantitative estimate of drug-likeness (QED) is 0.676. The van der Waals surface area contributed by atoms with Crippen molar-refractivity contribution in [1.82, 2.24) is 5.32 Å². The van der Waals surface area contributed by atoms with Gasteiger partial charge in [0.15, 0.2) is 0 Å². The van der Waals surface area contributed by atoms with E-state index in [1.54, 1.807) is 5.32 Å². The first-order chi connectivity index (χ1) is 5.22. The Labute approximate surface area is 64.7 Å². The van der Waals surface area contributed by atoms with Gasteiger partial charge in [0.2, 0.25) is 0 Å². The largest absolute Gasteiger partial charge is 0.425 e. The molecule has 0 spiro atoms. The molecule has 0 aliphatic carbocycles. The average molecular weight is 195 g/mol. The Hall–Kier alpha value is -0.460. The standard InChI is InChI=1S/C5H7F6N/c1-12-2-4(7,8)3(6)5(9,10)11/h3,12H,2H2,1H3. The van der Waals surface area contributed by atoms with Crippen LogP contribution in [0.3, 0.4) is 0 Å². The van der Waals surface area contributed by atoms with Crippen molar-refractivity contribution in [3.8, 4) is 0 Å². The maximum atomic E-state index is 12.2. The van der Waals surface area contributed by atoms with Crippen molar-refractivity contribution in [2.24, 2.45) is 0 Å². The van der Waals surface area contributed by atoms with Crippen LogP contribution in [0.1, 0.15) is 0 Å². The summed E-state index contributed by atoms with van der Waals surface area (Å²) in [5, 5.41) is 1.77. The highest BCUT2D eigenvalue weighted by Crippen LogP contribution is 2.34. The third-order valence-corrected chi connectivity index (χ3v) is 1.07. The Bertz CT molecular complexity index is 141. The molecule has 0 heterocycles. The molecule has 74 valence electrons. The van der Waals surface area contributed by atoms with Gasteiger partial charge in [0.1, 0.15) is 0 Å². The van der Waals surface area contributed by atoms with Crippen LogP contribution >= 0.6 is 0 Å². The van der Waals surface area contributed by atoms with Gasteiger partial charge in [-0.1, -0.05) is 0 Å². The van der Waals surface area contributed by atoms with Crippen LogP contribution in [-0.4, -0.2) is 31.9 Å². The fraction of sp³-hybridized carbons (Fsp3) is 1.00. The summed E-state index contributed by atoms with van der Waals surface area (Å²) in [6.45, 7) is -1.34. The minimum atomic E-state index is -5.51. The van der Waals surface area contributed by atoms with Crippen LogP contribution < -0.4 is 5.32 Å². The van der Waals surface area contributed by atoms with Gasteiger partial charge < -0.3 is 5.32 Å². The first-order valence-electron chi connectivity index (χ1n) is 2.95. The molecule has 0 saturated heterocycles. The smallest absolute Gasteiger partial charge is 0.314 e. The Balaban J connectivity index is 4.34. The minimum Gasteiger partial charge on any atom is -0.314 e. The van der Waals surface area contributed by atoms with Gasteiger partial charge in [0.25, 0.3) is 12.1 Å². The zero-order chi connectivity index (χ0) is 9.99. The van der Waals surface area contributed by atoms with Crippen LogP contribution in [0.4, 0.5) is 26.3 Å². The summed E-state index contributed by atoms with van der Waals surface area (Å²) in [4.78, 5) is 0. The number of alkyl halides is 6. The Morgan fingerprint density at radius 1 is 1.17 bits per heavy atom. The predicted octanol–water partition coefficient (Wildman–Crippen LogP) is 1.74. The minimum absolute atomic E-state index is 1.01. The van der Waals surface area contributed by atoms with E-state index in [2.05, 4.69) is 0 Å². The van der Waals surface area contributed by atoms with E-state index in [4.69, 9.17) is 0 Å². The molecule has 1 unspecified atom stereocenters. The fourth-order valence-electron chi connectivity index (χ4n) is 0.565. The topological polar surface area (TPSA) is 12.0 Å². The number of hydrogen-bond donors (Lipinski definition) is 1. The molecule has 1 N–H and O–H groups in total. The molecule has 1 nitrogen and oxygen atoms in total. The van der Waals surface area contributed by atoms with E-state index >= 15 is 0 Å². The van der Waals surface area contributed by atoms with Gasteiger partial charge >= 0.3 is 6.18 Å². The molecule has 7 heteroatoms. The molecule has 0 aliphatic rings. The van der Waals surface area contributed by atoms with E-state index < -0.39 is 24.8 Å². The number of rotatable bonds is 3. The molecule has 12 heavy (non-hydrogen) atoms. The predicted molar refractivity (Wildman–Crippen MR) is 29.8 cm³/mol. The summed E-state index contributed by atoms with van der Waals surface area (Å²) in [5.74, 6) is -4.41. The maximum Gasteiger partial charge on any atom is 0.425 e. The molecule has 0 amide bonds. The summed E-state index contributed by atoms with van der Waals surface area (Å²) >= 11 is 0. The Kier molecular flexibility index (Phi) is 3.37. The van der Waals surface area contributed by atoms with Crippen LogP contribution in [0.2, 0.25) is 0 Å². The fourth-order valence-corrected chi connectivity index (χ4v) is 0.565. The highest BCUT2D eigenvalue weighted by molar-refractivity contribution is 4.84. The van der Waals surface area contributed by atoms with Crippen LogP contribution in [0.25, 0.3) is 0 Å². The van der Waals surface area contributed by atoms with Gasteiger partial charge in [0.05, 0.1) is 6.54 Å². The van der Waals surface area contributed by atoms with Gasteiger partial charge in [-0.3, -0.25) is 0 Å². The number of nitrogens with one attached hydrogen (secondary N) is 1. The lowest BCUT2D eigenvalue weighted by atomic mass is 10.2. The third-order valence-electron chi connectivity index (χ3n) is 1.07. The lowest BCUT2D eigenvalue weighted by Gasteiger charge is -2.21. The van der Waals surface area contributed by atoms with E-state index in [1.165, 1.54) is 0 Å². The molecule has 0 radical (unpaired) electrons. The SMILES string of the molecule is CNCC(F)(F)C(F)C(F)(F)F. The lowest BCUT2D eigenvalue weighted by Crippen LogP contribution is -2.47. The van der Waals surface area contributed by atoms with Gasteiger partial charge in [-0.05, 0) is 7.05 Å². The maximum absolute atomic E-state index is 12.2. The first kappa shape index (κ1) is 11.5. The van der Waals surface area contributed by atoms with E-state index in [-0.39, 0.29) is 0 Å². The molecule has 0 fully saturated rings. The van der Waals surface area contributed by atoms with Gasteiger partial charge in [0, 0.05) is 0 Å². The number of halogens is 6. The van der Waals surface area contributed by atoms with Crippen molar-refractivity contribution < 1.29 is 26.3 Å². The summed E-state index contributed by atoms with van der Waals surface area (Å²) < 4.78 is 70.4. The van der Waals surface area contributed by atoms with Crippen LogP contribution in [0.15, 0.2) is 0 Å². The van der Waals surface area contributed by atoms with E-state index in [9.17, 15) is 26.3 Å². The molecular weight excluding hydrogens is 188 g/mol. The summed E-state index contributed by atoms with van der Waals surface area (Å²) in [6.07, 6.45) is -9.63. The third kappa shape index (κ3) is 2.88.